The van der Waals surface area contributed by atoms with Crippen molar-refractivity contribution in [1.82, 2.24) is 28.7 Å². The molecule has 0 amide bonds. The van der Waals surface area contributed by atoms with E-state index in [1.807, 2.05) is 0 Å². The second kappa shape index (κ2) is 30.9. The number of benzene rings is 16. The Hall–Kier alpha value is -15.6. The number of para-hydroxylation sites is 6. The zero-order chi connectivity index (χ0) is 81.3. The normalized spacial score (nSPS) is 14.2. The van der Waals surface area contributed by atoms with Crippen LogP contribution in [-0.2, 0) is 0 Å². The first-order valence-corrected chi connectivity index (χ1v) is 42.8. The fourth-order valence-electron chi connectivity index (χ4n) is 20.1. The molecule has 0 aliphatic heterocycles. The van der Waals surface area contributed by atoms with Gasteiger partial charge in [0.15, 0.2) is 0 Å². The Balaban J connectivity index is 0.594. The highest BCUT2D eigenvalue weighted by atomic mass is 15.0. The summed E-state index contributed by atoms with van der Waals surface area (Å²) < 4.78 is 7.13. The van der Waals surface area contributed by atoms with Crippen molar-refractivity contribution in [3.63, 3.8) is 0 Å². The van der Waals surface area contributed by atoms with Crippen LogP contribution in [0.3, 0.4) is 0 Å². The summed E-state index contributed by atoms with van der Waals surface area (Å²) in [5.41, 5.74) is 36.8. The Kier molecular flexibility index (Phi) is 18.3. The second-order valence-electron chi connectivity index (χ2n) is 32.9. The zero-order valence-corrected chi connectivity index (χ0v) is 67.7. The molecule has 22 aromatic rings. The Morgan fingerprint density at radius 3 is 0.854 bits per heavy atom. The van der Waals surface area contributed by atoms with E-state index in [0.717, 1.165) is 120 Å². The first-order valence-electron chi connectivity index (χ1n) is 42.8. The quantitative estimate of drug-likeness (QED) is 0.0969. The molecular formula is C117H82N6. The van der Waals surface area contributed by atoms with E-state index in [4.69, 9.17) is 15.0 Å². The number of hydrogen-bond donors (Lipinski definition) is 0. The van der Waals surface area contributed by atoms with Crippen LogP contribution >= 0.6 is 0 Å². The topological polar surface area (TPSA) is 53.5 Å². The van der Waals surface area contributed by atoms with Gasteiger partial charge in [-0.05, 0) is 242 Å². The Morgan fingerprint density at radius 1 is 0.171 bits per heavy atom. The van der Waals surface area contributed by atoms with Gasteiger partial charge in [-0.3, -0.25) is 15.0 Å². The largest absolute Gasteiger partial charge is 0.309 e. The van der Waals surface area contributed by atoms with Crippen LogP contribution in [0.4, 0.5) is 0 Å². The Labute approximate surface area is 714 Å². The highest BCUT2D eigenvalue weighted by Gasteiger charge is 2.36. The average Bonchev–Trinajstić information content (AvgIpc) is 1.61. The maximum Gasteiger partial charge on any atom is 0.0708 e. The lowest BCUT2D eigenvalue weighted by molar-refractivity contribution is 0.353. The molecule has 0 saturated heterocycles. The number of hydrogen-bond acceptors (Lipinski definition) is 3. The first-order chi connectivity index (χ1) is 61.0. The van der Waals surface area contributed by atoms with Gasteiger partial charge < -0.3 is 13.7 Å². The molecule has 580 valence electrons. The molecule has 2 atom stereocenters. The molecule has 2 unspecified atom stereocenters. The lowest BCUT2D eigenvalue weighted by Gasteiger charge is -2.38. The van der Waals surface area contributed by atoms with Crippen molar-refractivity contribution in [2.24, 2.45) is 0 Å². The lowest BCUT2D eigenvalue weighted by atomic mass is 9.66. The molecule has 1 fully saturated rings. The summed E-state index contributed by atoms with van der Waals surface area (Å²) in [5.74, 6) is 0.487. The molecule has 1 saturated carbocycles. The summed E-state index contributed by atoms with van der Waals surface area (Å²) in [4.78, 5) is 16.2. The molecule has 23 rings (SSSR count). The van der Waals surface area contributed by atoms with Crippen LogP contribution in [0.15, 0.2) is 443 Å². The van der Waals surface area contributed by atoms with Crippen LogP contribution < -0.4 is 0 Å². The molecule has 0 radical (unpaired) electrons. The van der Waals surface area contributed by atoms with Gasteiger partial charge >= 0.3 is 0 Å². The smallest absolute Gasteiger partial charge is 0.0708 e. The molecule has 6 nitrogen and oxygen atoms in total. The molecule has 1 aliphatic carbocycles. The van der Waals surface area contributed by atoms with Crippen LogP contribution in [0.1, 0.15) is 53.7 Å². The molecule has 123 heavy (non-hydrogen) atoms. The molecule has 0 N–H and O–H groups in total. The summed E-state index contributed by atoms with van der Waals surface area (Å²) in [6.45, 7) is 0. The number of rotatable bonds is 16. The maximum absolute atomic E-state index is 5.50. The molecule has 6 heteroatoms. The van der Waals surface area contributed by atoms with Crippen LogP contribution in [0.5, 0.6) is 0 Å². The number of fused-ring (bicyclic) bond motifs is 9. The van der Waals surface area contributed by atoms with Crippen molar-refractivity contribution >= 4 is 65.4 Å². The minimum atomic E-state index is 0.150. The van der Waals surface area contributed by atoms with Crippen molar-refractivity contribution in [2.45, 2.75) is 37.0 Å². The van der Waals surface area contributed by atoms with E-state index in [0.29, 0.717) is 0 Å². The highest BCUT2D eigenvalue weighted by Crippen LogP contribution is 2.54. The summed E-state index contributed by atoms with van der Waals surface area (Å²) >= 11 is 0. The van der Waals surface area contributed by atoms with E-state index < -0.39 is 0 Å². The molecule has 0 bridgehead atoms. The highest BCUT2D eigenvalue weighted by molar-refractivity contribution is 6.13. The van der Waals surface area contributed by atoms with Gasteiger partial charge in [0.25, 0.3) is 0 Å². The van der Waals surface area contributed by atoms with Gasteiger partial charge in [-0.1, -0.05) is 297 Å². The standard InChI is InChI=1S/C117H82N6/c1-5-28-77(29-6-1)104-73-111(86-35-27-32-80(66-86)83-58-63-117-107(72-83)103-50-21-24-53-114(103)123(117)94-40-11-4-12-41-94)120-76-108(104)100-47-18-17-46-99(100)91-68-89(97-44-15-13-42-95(97)87-54-59-109(118-74-87)84-33-25-30-78(64-84)81-56-61-115-105(70-81)101-48-19-22-51-112(101)121(115)92-36-7-2-8-37-92)67-90(69-91)98-45-16-14-43-96(98)88-55-60-110(119-75-88)85-34-26-31-79(65-85)82-57-62-116-106(71-82)102-49-20-23-52-113(102)122(116)93-38-9-3-10-39-93/h1-66,70-76,89-91H,67-69H2. The van der Waals surface area contributed by atoms with Crippen LogP contribution in [0.2, 0.25) is 0 Å². The molecular weight excluding hydrogens is 1490 g/mol. The van der Waals surface area contributed by atoms with Gasteiger partial charge in [0.2, 0.25) is 0 Å². The van der Waals surface area contributed by atoms with Crippen molar-refractivity contribution in [3.8, 4) is 129 Å². The second-order valence-corrected chi connectivity index (χ2v) is 32.9. The van der Waals surface area contributed by atoms with E-state index in [9.17, 15) is 0 Å². The predicted molar refractivity (Wildman–Crippen MR) is 512 cm³/mol. The summed E-state index contributed by atoms with van der Waals surface area (Å²) in [6.07, 6.45) is 9.22. The summed E-state index contributed by atoms with van der Waals surface area (Å²) in [6, 6.07) is 156. The SMILES string of the molecule is c1ccc(-c2cc(-c3cccc(-c4ccc5c(c4)c4ccccc4n5-c4ccccc4)c3)ncc2-c2ccccc2C2CC(c3ccccc3-c3ccc(-c4cccc(-c5ccc6c(c5)c5ccccc5n6-c5ccccc5)c4)nc3)CC(c3ccccc3-c3ccc(-c4cccc(-c5ccc6c(c5)c5ccccc5n6-c5ccccc5)c4)nc3)C2)cc1. The van der Waals surface area contributed by atoms with Crippen molar-refractivity contribution in [2.75, 3.05) is 0 Å². The zero-order valence-electron chi connectivity index (χ0n) is 67.7. The number of pyridine rings is 3. The van der Waals surface area contributed by atoms with Gasteiger partial charge in [-0.15, -0.1) is 0 Å². The molecule has 1 aliphatic rings. The molecule has 16 aromatic carbocycles. The lowest BCUT2D eigenvalue weighted by Crippen LogP contribution is -2.21. The molecule has 6 aromatic heterocycles. The van der Waals surface area contributed by atoms with Gasteiger partial charge in [0.1, 0.15) is 0 Å². The van der Waals surface area contributed by atoms with E-state index >= 15 is 0 Å². The van der Waals surface area contributed by atoms with E-state index in [-0.39, 0.29) is 17.8 Å². The monoisotopic (exact) mass is 1570 g/mol. The third kappa shape index (κ3) is 13.2. The average molecular weight is 1570 g/mol. The van der Waals surface area contributed by atoms with E-state index in [1.54, 1.807) is 0 Å². The number of aromatic nitrogens is 6. The maximum atomic E-state index is 5.50. The first kappa shape index (κ1) is 72.6. The van der Waals surface area contributed by atoms with Gasteiger partial charge in [0, 0.05) is 101 Å². The van der Waals surface area contributed by atoms with E-state index in [2.05, 4.69) is 457 Å². The van der Waals surface area contributed by atoms with Gasteiger partial charge in [-0.25, -0.2) is 0 Å². The summed E-state index contributed by atoms with van der Waals surface area (Å²) in [5, 5.41) is 7.38. The third-order valence-corrected chi connectivity index (χ3v) is 25.9. The Bertz CT molecular complexity index is 7480. The third-order valence-electron chi connectivity index (χ3n) is 25.9. The van der Waals surface area contributed by atoms with Crippen LogP contribution in [-0.4, -0.2) is 28.7 Å². The van der Waals surface area contributed by atoms with Crippen molar-refractivity contribution < 1.29 is 0 Å². The fraction of sp³-hybridized carbons (Fsp3) is 0.0513. The van der Waals surface area contributed by atoms with Gasteiger partial charge in [0.05, 0.1) is 50.2 Å². The van der Waals surface area contributed by atoms with E-state index in [1.165, 1.54) is 110 Å². The fourth-order valence-corrected chi connectivity index (χ4v) is 20.1. The number of nitrogens with zero attached hydrogens (tertiary/aromatic N) is 6. The molecule has 6 heterocycles. The molecule has 0 spiro atoms. The predicted octanol–water partition coefficient (Wildman–Crippen LogP) is 30.7. The van der Waals surface area contributed by atoms with Crippen LogP contribution in [0, 0.1) is 0 Å². The van der Waals surface area contributed by atoms with Crippen LogP contribution in [0.25, 0.3) is 194 Å². The Morgan fingerprint density at radius 2 is 0.463 bits per heavy atom. The van der Waals surface area contributed by atoms with Crippen molar-refractivity contribution in [1.29, 1.82) is 0 Å². The minimum absolute atomic E-state index is 0.150. The summed E-state index contributed by atoms with van der Waals surface area (Å²) in [7, 11) is 0. The van der Waals surface area contributed by atoms with Crippen molar-refractivity contribution in [3.05, 3.63) is 460 Å². The van der Waals surface area contributed by atoms with Gasteiger partial charge in [-0.2, -0.15) is 0 Å². The minimum Gasteiger partial charge on any atom is -0.309 e.